The monoisotopic (exact) mass is 207 g/mol. The summed E-state index contributed by atoms with van der Waals surface area (Å²) in [4.78, 5) is 8.53. The Morgan fingerprint density at radius 1 is 1.57 bits per heavy atom. The summed E-state index contributed by atoms with van der Waals surface area (Å²) < 4.78 is 1.21. The molecule has 0 amide bonds. The van der Waals surface area contributed by atoms with Crippen molar-refractivity contribution in [3.63, 3.8) is 0 Å². The number of rotatable bonds is 3. The molecule has 0 aromatic carbocycles. The van der Waals surface area contributed by atoms with Crippen LogP contribution in [0, 0.1) is 0 Å². The first-order chi connectivity index (χ1) is 6.75. The molecule has 0 aliphatic heterocycles. The van der Waals surface area contributed by atoms with Crippen LogP contribution in [0.25, 0.3) is 10.2 Å². The maximum absolute atomic E-state index is 5.70. The van der Waals surface area contributed by atoms with Gasteiger partial charge in [0.15, 0.2) is 0 Å². The van der Waals surface area contributed by atoms with Crippen LogP contribution in [0.3, 0.4) is 0 Å². The molecule has 0 fully saturated rings. The highest BCUT2D eigenvalue weighted by Crippen LogP contribution is 2.21. The number of thiazole rings is 1. The molecule has 1 atom stereocenters. The predicted octanol–water partition coefficient (Wildman–Crippen LogP) is 1.97. The number of aryl methyl sites for hydroxylation is 1. The molecule has 0 radical (unpaired) electrons. The van der Waals surface area contributed by atoms with Crippen molar-refractivity contribution in [1.29, 1.82) is 0 Å². The molecule has 3 nitrogen and oxygen atoms in total. The van der Waals surface area contributed by atoms with Crippen LogP contribution in [0.2, 0.25) is 0 Å². The fraction of sp³-hybridized carbons (Fsp3) is 0.400. The molecule has 2 aromatic rings. The molecular weight excluding hydrogens is 194 g/mol. The maximum atomic E-state index is 5.70. The summed E-state index contributed by atoms with van der Waals surface area (Å²) in [7, 11) is 0. The van der Waals surface area contributed by atoms with Crippen LogP contribution in [-0.4, -0.2) is 16.0 Å². The van der Waals surface area contributed by atoms with E-state index in [-0.39, 0.29) is 6.04 Å². The van der Waals surface area contributed by atoms with Gasteiger partial charge in [-0.15, -0.1) is 11.3 Å². The third kappa shape index (κ3) is 2.08. The molecule has 0 aliphatic rings. The zero-order chi connectivity index (χ0) is 9.97. The highest BCUT2D eigenvalue weighted by molar-refractivity contribution is 7.18. The molecular formula is C10H13N3S. The van der Waals surface area contributed by atoms with E-state index >= 15 is 0 Å². The maximum Gasteiger partial charge on any atom is 0.0998 e. The normalized spacial score (nSPS) is 13.3. The van der Waals surface area contributed by atoms with Crippen molar-refractivity contribution in [2.75, 3.05) is 0 Å². The van der Waals surface area contributed by atoms with Gasteiger partial charge in [0.1, 0.15) is 0 Å². The fourth-order valence-electron chi connectivity index (χ4n) is 1.29. The standard InChI is InChI=1S/C10H13N3S/c1-7(11)2-3-10-13-8-6-12-5-4-9(8)14-10/h4-7H,2-3,11H2,1H3. The van der Waals surface area contributed by atoms with Crippen molar-refractivity contribution < 1.29 is 0 Å². The summed E-state index contributed by atoms with van der Waals surface area (Å²) >= 11 is 1.73. The van der Waals surface area contributed by atoms with Crippen LogP contribution in [0.15, 0.2) is 18.5 Å². The van der Waals surface area contributed by atoms with Crippen LogP contribution < -0.4 is 5.73 Å². The Morgan fingerprint density at radius 2 is 2.43 bits per heavy atom. The smallest absolute Gasteiger partial charge is 0.0998 e. The lowest BCUT2D eigenvalue weighted by Crippen LogP contribution is -2.15. The van der Waals surface area contributed by atoms with Crippen LogP contribution in [0.5, 0.6) is 0 Å². The number of aromatic nitrogens is 2. The quantitative estimate of drug-likeness (QED) is 0.837. The highest BCUT2D eigenvalue weighted by atomic mass is 32.1. The van der Waals surface area contributed by atoms with Gasteiger partial charge in [0, 0.05) is 18.7 Å². The molecule has 0 saturated heterocycles. The van der Waals surface area contributed by atoms with Crippen LogP contribution in [0.4, 0.5) is 0 Å². The number of fused-ring (bicyclic) bond motifs is 1. The number of hydrogen-bond donors (Lipinski definition) is 1. The van der Waals surface area contributed by atoms with Gasteiger partial charge in [-0.3, -0.25) is 4.98 Å². The van der Waals surface area contributed by atoms with E-state index in [0.29, 0.717) is 0 Å². The Hall–Kier alpha value is -1.00. The molecule has 0 spiro atoms. The van der Waals surface area contributed by atoms with Crippen molar-refractivity contribution >= 4 is 21.6 Å². The first-order valence-electron chi connectivity index (χ1n) is 4.71. The highest BCUT2D eigenvalue weighted by Gasteiger charge is 2.04. The van der Waals surface area contributed by atoms with Gasteiger partial charge in [0.2, 0.25) is 0 Å². The van der Waals surface area contributed by atoms with Gasteiger partial charge in [0.05, 0.1) is 21.4 Å². The van der Waals surface area contributed by atoms with Crippen molar-refractivity contribution in [3.8, 4) is 0 Å². The van der Waals surface area contributed by atoms with Gasteiger partial charge in [-0.1, -0.05) is 0 Å². The Labute approximate surface area is 87.0 Å². The molecule has 2 rings (SSSR count). The molecule has 74 valence electrons. The zero-order valence-corrected chi connectivity index (χ0v) is 8.92. The molecule has 0 aliphatic carbocycles. The summed E-state index contributed by atoms with van der Waals surface area (Å²) in [5, 5.41) is 1.16. The van der Waals surface area contributed by atoms with Crippen molar-refractivity contribution in [2.45, 2.75) is 25.8 Å². The largest absolute Gasteiger partial charge is 0.328 e. The lowest BCUT2D eigenvalue weighted by Gasteiger charge is -2.00. The molecule has 2 aromatic heterocycles. The van der Waals surface area contributed by atoms with Crippen LogP contribution in [0.1, 0.15) is 18.4 Å². The number of nitrogens with two attached hydrogens (primary N) is 1. The van der Waals surface area contributed by atoms with E-state index in [1.54, 1.807) is 23.7 Å². The predicted molar refractivity (Wildman–Crippen MR) is 59.4 cm³/mol. The van der Waals surface area contributed by atoms with E-state index in [2.05, 4.69) is 9.97 Å². The minimum absolute atomic E-state index is 0.250. The Kier molecular flexibility index (Phi) is 2.74. The van der Waals surface area contributed by atoms with Gasteiger partial charge in [0.25, 0.3) is 0 Å². The molecule has 1 unspecified atom stereocenters. The Morgan fingerprint density at radius 3 is 3.14 bits per heavy atom. The second kappa shape index (κ2) is 4.02. The van der Waals surface area contributed by atoms with E-state index in [1.807, 2.05) is 13.0 Å². The second-order valence-electron chi connectivity index (χ2n) is 3.47. The number of hydrogen-bond acceptors (Lipinski definition) is 4. The van der Waals surface area contributed by atoms with Gasteiger partial charge in [-0.05, 0) is 19.4 Å². The molecule has 0 bridgehead atoms. The molecule has 2 heterocycles. The third-order valence-electron chi connectivity index (χ3n) is 2.05. The minimum atomic E-state index is 0.250. The fourth-order valence-corrected chi connectivity index (χ4v) is 2.24. The number of nitrogens with zero attached hydrogens (tertiary/aromatic N) is 2. The molecule has 14 heavy (non-hydrogen) atoms. The Balaban J connectivity index is 2.19. The molecule has 0 saturated carbocycles. The first kappa shape index (κ1) is 9.55. The van der Waals surface area contributed by atoms with Crippen LogP contribution >= 0.6 is 11.3 Å². The van der Waals surface area contributed by atoms with E-state index in [9.17, 15) is 0 Å². The molecule has 4 heteroatoms. The van der Waals surface area contributed by atoms with Gasteiger partial charge in [-0.25, -0.2) is 4.98 Å². The van der Waals surface area contributed by atoms with Crippen molar-refractivity contribution in [3.05, 3.63) is 23.5 Å². The summed E-state index contributed by atoms with van der Waals surface area (Å²) in [6, 6.07) is 2.25. The van der Waals surface area contributed by atoms with E-state index in [0.717, 1.165) is 23.4 Å². The average molecular weight is 207 g/mol. The van der Waals surface area contributed by atoms with Gasteiger partial charge >= 0.3 is 0 Å². The van der Waals surface area contributed by atoms with E-state index < -0.39 is 0 Å². The molecule has 2 N–H and O–H groups in total. The van der Waals surface area contributed by atoms with E-state index in [4.69, 9.17) is 5.73 Å². The van der Waals surface area contributed by atoms with Crippen LogP contribution in [-0.2, 0) is 6.42 Å². The Bertz CT molecular complexity index is 389. The van der Waals surface area contributed by atoms with E-state index in [1.165, 1.54) is 4.70 Å². The average Bonchev–Trinajstić information content (AvgIpc) is 2.57. The van der Waals surface area contributed by atoms with Crippen molar-refractivity contribution in [2.24, 2.45) is 5.73 Å². The summed E-state index contributed by atoms with van der Waals surface area (Å²) in [6.07, 6.45) is 5.57. The van der Waals surface area contributed by atoms with Gasteiger partial charge in [-0.2, -0.15) is 0 Å². The van der Waals surface area contributed by atoms with Gasteiger partial charge < -0.3 is 5.73 Å². The zero-order valence-electron chi connectivity index (χ0n) is 8.10. The summed E-state index contributed by atoms with van der Waals surface area (Å²) in [5.74, 6) is 0. The minimum Gasteiger partial charge on any atom is -0.328 e. The second-order valence-corrected chi connectivity index (χ2v) is 4.58. The summed E-state index contributed by atoms with van der Waals surface area (Å²) in [6.45, 7) is 2.02. The SMILES string of the molecule is CC(N)CCc1nc2cnccc2s1. The topological polar surface area (TPSA) is 51.8 Å². The summed E-state index contributed by atoms with van der Waals surface area (Å²) in [5.41, 5.74) is 6.70. The number of pyridine rings is 1. The third-order valence-corrected chi connectivity index (χ3v) is 3.14. The van der Waals surface area contributed by atoms with Crippen molar-refractivity contribution in [1.82, 2.24) is 9.97 Å². The lowest BCUT2D eigenvalue weighted by atomic mass is 10.2. The first-order valence-corrected chi connectivity index (χ1v) is 5.52. The lowest BCUT2D eigenvalue weighted by molar-refractivity contribution is 0.665.